The molecule has 0 radical (unpaired) electrons. The molecule has 1 fully saturated rings. The minimum absolute atomic E-state index is 0.0785. The highest BCUT2D eigenvalue weighted by molar-refractivity contribution is 5.98. The molecule has 1 unspecified atom stereocenters. The third kappa shape index (κ3) is 2.78. The Bertz CT molecular complexity index is 606. The fraction of sp³-hybridized carbons (Fsp3) is 0.471. The third-order valence-electron chi connectivity index (χ3n) is 3.98. The van der Waals surface area contributed by atoms with Crippen LogP contribution in [0.3, 0.4) is 0 Å². The van der Waals surface area contributed by atoms with Crippen LogP contribution in [0.25, 0.3) is 11.0 Å². The van der Waals surface area contributed by atoms with Gasteiger partial charge in [0.15, 0.2) is 11.5 Å². The lowest BCUT2D eigenvalue weighted by Crippen LogP contribution is -2.19. The number of carbonyl (C=O) groups excluding carboxylic acids is 1. The van der Waals surface area contributed by atoms with Crippen LogP contribution < -0.4 is 0 Å². The van der Waals surface area contributed by atoms with E-state index in [1.807, 2.05) is 31.2 Å². The van der Waals surface area contributed by atoms with Crippen molar-refractivity contribution in [1.29, 1.82) is 0 Å². The summed E-state index contributed by atoms with van der Waals surface area (Å²) in [6.07, 6.45) is 4.99. The maximum Gasteiger partial charge on any atom is 0.198 e. The molecular weight excluding hydrogens is 252 g/mol. The lowest BCUT2D eigenvalue weighted by molar-refractivity contribution is 0.0103. The molecule has 1 aromatic carbocycles. The van der Waals surface area contributed by atoms with E-state index in [0.717, 1.165) is 42.4 Å². The van der Waals surface area contributed by atoms with Gasteiger partial charge in [-0.1, -0.05) is 18.2 Å². The van der Waals surface area contributed by atoms with Gasteiger partial charge in [0.25, 0.3) is 0 Å². The molecule has 0 spiro atoms. The Morgan fingerprint density at radius 2 is 2.25 bits per heavy atom. The molecule has 1 aliphatic rings. The van der Waals surface area contributed by atoms with Crippen LogP contribution in [0.4, 0.5) is 0 Å². The van der Waals surface area contributed by atoms with E-state index < -0.39 is 0 Å². The average molecular weight is 272 g/mol. The van der Waals surface area contributed by atoms with E-state index in [0.29, 0.717) is 12.2 Å². The molecule has 0 bridgehead atoms. The number of Topliss-reactive ketones (excluding diaryl/α,β-unsaturated/α-hetero) is 1. The molecule has 0 saturated carbocycles. The van der Waals surface area contributed by atoms with Gasteiger partial charge < -0.3 is 9.15 Å². The molecule has 1 aromatic heterocycles. The summed E-state index contributed by atoms with van der Waals surface area (Å²) in [6.45, 7) is 2.83. The van der Waals surface area contributed by atoms with Crippen LogP contribution in [0, 0.1) is 6.92 Å². The highest BCUT2D eigenvalue weighted by Gasteiger charge is 2.18. The van der Waals surface area contributed by atoms with Crippen molar-refractivity contribution < 1.29 is 13.9 Å². The molecule has 3 heteroatoms. The first kappa shape index (κ1) is 13.4. The Balaban J connectivity index is 1.67. The smallest absolute Gasteiger partial charge is 0.198 e. The maximum absolute atomic E-state index is 12.2. The number of fused-ring (bicyclic) bond motifs is 1. The summed E-state index contributed by atoms with van der Waals surface area (Å²) in [4.78, 5) is 12.2. The Hall–Kier alpha value is -1.61. The fourth-order valence-corrected chi connectivity index (χ4v) is 2.80. The zero-order chi connectivity index (χ0) is 13.9. The Morgan fingerprint density at radius 1 is 1.35 bits per heavy atom. The van der Waals surface area contributed by atoms with Crippen molar-refractivity contribution in [3.63, 3.8) is 0 Å². The molecule has 2 heterocycles. The van der Waals surface area contributed by atoms with Crippen molar-refractivity contribution in [1.82, 2.24) is 0 Å². The fourth-order valence-electron chi connectivity index (χ4n) is 2.80. The van der Waals surface area contributed by atoms with E-state index in [-0.39, 0.29) is 11.9 Å². The first-order chi connectivity index (χ1) is 9.74. The van der Waals surface area contributed by atoms with Crippen molar-refractivity contribution in [2.45, 2.75) is 45.1 Å². The highest BCUT2D eigenvalue weighted by Crippen LogP contribution is 2.24. The van der Waals surface area contributed by atoms with E-state index in [1.165, 1.54) is 6.42 Å². The van der Waals surface area contributed by atoms with E-state index >= 15 is 0 Å². The predicted molar refractivity (Wildman–Crippen MR) is 78.1 cm³/mol. The predicted octanol–water partition coefficient (Wildman–Crippen LogP) is 4.27. The summed E-state index contributed by atoms with van der Waals surface area (Å²) in [7, 11) is 0. The summed E-state index contributed by atoms with van der Waals surface area (Å²) < 4.78 is 11.4. The van der Waals surface area contributed by atoms with Gasteiger partial charge >= 0.3 is 0 Å². The lowest BCUT2D eigenvalue weighted by atomic mass is 10.0. The molecule has 1 saturated heterocycles. The van der Waals surface area contributed by atoms with Gasteiger partial charge in [-0.3, -0.25) is 4.79 Å². The van der Waals surface area contributed by atoms with Crippen molar-refractivity contribution in [3.8, 4) is 0 Å². The molecule has 1 atom stereocenters. The van der Waals surface area contributed by atoms with Gasteiger partial charge in [0, 0.05) is 18.4 Å². The van der Waals surface area contributed by atoms with Crippen molar-refractivity contribution in [3.05, 3.63) is 35.6 Å². The van der Waals surface area contributed by atoms with E-state index in [4.69, 9.17) is 9.15 Å². The molecule has 3 nitrogen and oxygen atoms in total. The first-order valence-electron chi connectivity index (χ1n) is 7.38. The number of furan rings is 1. The molecule has 0 aliphatic carbocycles. The van der Waals surface area contributed by atoms with Crippen LogP contribution in [0.15, 0.2) is 28.7 Å². The van der Waals surface area contributed by atoms with Gasteiger partial charge in [-0.2, -0.15) is 0 Å². The number of carbonyl (C=O) groups is 1. The SMILES string of the molecule is Cc1cccc2cc(C(=O)CCC3CCCCO3)oc12. The summed E-state index contributed by atoms with van der Waals surface area (Å²) >= 11 is 0. The van der Waals surface area contributed by atoms with Gasteiger partial charge in [0.2, 0.25) is 0 Å². The maximum atomic E-state index is 12.2. The van der Waals surface area contributed by atoms with Crippen LogP contribution in [0.5, 0.6) is 0 Å². The number of hydrogen-bond donors (Lipinski definition) is 0. The Kier molecular flexibility index (Phi) is 3.88. The van der Waals surface area contributed by atoms with Gasteiger partial charge in [-0.25, -0.2) is 0 Å². The Morgan fingerprint density at radius 3 is 3.00 bits per heavy atom. The van der Waals surface area contributed by atoms with Crippen LogP contribution >= 0.6 is 0 Å². The molecule has 20 heavy (non-hydrogen) atoms. The van der Waals surface area contributed by atoms with Crippen LogP contribution in [-0.4, -0.2) is 18.5 Å². The van der Waals surface area contributed by atoms with Gasteiger partial charge in [0.1, 0.15) is 5.58 Å². The van der Waals surface area contributed by atoms with Crippen molar-refractivity contribution in [2.24, 2.45) is 0 Å². The highest BCUT2D eigenvalue weighted by atomic mass is 16.5. The van der Waals surface area contributed by atoms with Crippen LogP contribution in [0.1, 0.15) is 48.2 Å². The third-order valence-corrected chi connectivity index (χ3v) is 3.98. The van der Waals surface area contributed by atoms with E-state index in [9.17, 15) is 4.79 Å². The number of ketones is 1. The quantitative estimate of drug-likeness (QED) is 0.780. The number of benzene rings is 1. The molecule has 0 N–H and O–H groups in total. The normalized spacial score (nSPS) is 19.4. The van der Waals surface area contributed by atoms with Crippen LogP contribution in [0.2, 0.25) is 0 Å². The van der Waals surface area contributed by atoms with E-state index in [1.54, 1.807) is 0 Å². The number of aryl methyl sites for hydroxylation is 1. The van der Waals surface area contributed by atoms with Crippen molar-refractivity contribution in [2.75, 3.05) is 6.61 Å². The van der Waals surface area contributed by atoms with Crippen molar-refractivity contribution >= 4 is 16.8 Å². The summed E-state index contributed by atoms with van der Waals surface area (Å²) in [5.41, 5.74) is 1.89. The second-order valence-electron chi connectivity index (χ2n) is 5.55. The number of ether oxygens (including phenoxy) is 1. The zero-order valence-corrected chi connectivity index (χ0v) is 11.9. The molecular formula is C17H20O3. The number of hydrogen-bond acceptors (Lipinski definition) is 3. The summed E-state index contributed by atoms with van der Waals surface area (Å²) in [5, 5.41) is 1.00. The molecule has 3 rings (SSSR count). The molecule has 2 aromatic rings. The van der Waals surface area contributed by atoms with Gasteiger partial charge in [-0.15, -0.1) is 0 Å². The first-order valence-corrected chi connectivity index (χ1v) is 7.38. The van der Waals surface area contributed by atoms with Gasteiger partial charge in [0.05, 0.1) is 6.10 Å². The topological polar surface area (TPSA) is 39.4 Å². The minimum atomic E-state index is 0.0785. The molecule has 0 amide bonds. The van der Waals surface area contributed by atoms with E-state index in [2.05, 4.69) is 0 Å². The zero-order valence-electron chi connectivity index (χ0n) is 11.9. The Labute approximate surface area is 118 Å². The minimum Gasteiger partial charge on any atom is -0.453 e. The number of para-hydroxylation sites is 1. The van der Waals surface area contributed by atoms with Gasteiger partial charge in [-0.05, 0) is 44.2 Å². The second-order valence-corrected chi connectivity index (χ2v) is 5.55. The number of rotatable bonds is 4. The average Bonchev–Trinajstić information content (AvgIpc) is 2.91. The van der Waals surface area contributed by atoms with Crippen LogP contribution in [-0.2, 0) is 4.74 Å². The summed E-state index contributed by atoms with van der Waals surface area (Å²) in [5.74, 6) is 0.555. The molecule has 1 aliphatic heterocycles. The lowest BCUT2D eigenvalue weighted by Gasteiger charge is -2.21. The molecule has 106 valence electrons. The summed E-state index contributed by atoms with van der Waals surface area (Å²) in [6, 6.07) is 7.81. The monoisotopic (exact) mass is 272 g/mol. The second kappa shape index (κ2) is 5.80. The largest absolute Gasteiger partial charge is 0.453 e. The standard InChI is InChI=1S/C17H20O3/c1-12-5-4-6-13-11-16(20-17(12)13)15(18)9-8-14-7-2-3-10-19-14/h4-6,11,14H,2-3,7-10H2,1H3.